The largest absolute Gasteiger partial charge is 0.452 e. The molecule has 2 atom stereocenters. The van der Waals surface area contributed by atoms with E-state index in [0.29, 0.717) is 5.56 Å². The van der Waals surface area contributed by atoms with Crippen molar-refractivity contribution < 1.29 is 23.5 Å². The maximum absolute atomic E-state index is 13.3. The van der Waals surface area contributed by atoms with Gasteiger partial charge in [0.1, 0.15) is 5.82 Å². The lowest BCUT2D eigenvalue weighted by molar-refractivity contribution is -0.157. The van der Waals surface area contributed by atoms with Crippen molar-refractivity contribution in [2.75, 3.05) is 5.32 Å². The topological polar surface area (TPSA) is 84.5 Å². The Labute approximate surface area is 139 Å². The number of hydrogen-bond donors (Lipinski definition) is 2. The number of carbonyl (C=O) groups excluding carboxylic acids is 3. The molecule has 130 valence electrons. The van der Waals surface area contributed by atoms with Gasteiger partial charge in [0.05, 0.1) is 5.92 Å². The van der Waals surface area contributed by atoms with Gasteiger partial charge in [-0.1, -0.05) is 6.07 Å². The van der Waals surface area contributed by atoms with Crippen molar-refractivity contribution in [1.29, 1.82) is 0 Å². The van der Waals surface area contributed by atoms with Gasteiger partial charge >= 0.3 is 5.97 Å². The number of amides is 2. The zero-order chi connectivity index (χ0) is 18.1. The molecule has 2 unspecified atom stereocenters. The molecule has 0 radical (unpaired) electrons. The highest BCUT2D eigenvalue weighted by Crippen LogP contribution is 2.33. The predicted octanol–water partition coefficient (Wildman–Crippen LogP) is 2.10. The number of esters is 1. The molecule has 1 heterocycles. The maximum Gasteiger partial charge on any atom is 0.314 e. The molecule has 0 spiro atoms. The first-order valence-electron chi connectivity index (χ1n) is 7.68. The van der Waals surface area contributed by atoms with Crippen molar-refractivity contribution >= 4 is 23.5 Å². The Morgan fingerprint density at radius 3 is 2.67 bits per heavy atom. The number of halogens is 1. The Morgan fingerprint density at radius 1 is 1.38 bits per heavy atom. The van der Waals surface area contributed by atoms with Gasteiger partial charge in [0.15, 0.2) is 6.10 Å². The molecule has 2 N–H and O–H groups in total. The van der Waals surface area contributed by atoms with Crippen molar-refractivity contribution in [3.05, 3.63) is 29.6 Å². The molecule has 24 heavy (non-hydrogen) atoms. The first-order valence-corrected chi connectivity index (χ1v) is 7.68. The van der Waals surface area contributed by atoms with E-state index in [4.69, 9.17) is 4.74 Å². The minimum absolute atomic E-state index is 0.106. The number of benzene rings is 1. The lowest BCUT2D eigenvalue weighted by Gasteiger charge is -2.27. The van der Waals surface area contributed by atoms with Gasteiger partial charge in [-0.25, -0.2) is 4.39 Å². The van der Waals surface area contributed by atoms with E-state index < -0.39 is 41.2 Å². The van der Waals surface area contributed by atoms with Crippen molar-refractivity contribution in [2.45, 2.75) is 51.7 Å². The van der Waals surface area contributed by atoms with Crippen LogP contribution in [-0.2, 0) is 19.1 Å². The fraction of sp³-hybridized carbons (Fsp3) is 0.471. The van der Waals surface area contributed by atoms with Gasteiger partial charge in [0.2, 0.25) is 5.91 Å². The summed E-state index contributed by atoms with van der Waals surface area (Å²) in [4.78, 5) is 36.1. The van der Waals surface area contributed by atoms with Gasteiger partial charge in [-0.3, -0.25) is 14.4 Å². The monoisotopic (exact) mass is 336 g/mol. The maximum atomic E-state index is 13.3. The average Bonchev–Trinajstić information content (AvgIpc) is 2.43. The molecule has 0 saturated heterocycles. The first-order chi connectivity index (χ1) is 11.1. The normalized spacial score (nSPS) is 18.2. The van der Waals surface area contributed by atoms with E-state index >= 15 is 0 Å². The second kappa shape index (κ2) is 6.59. The van der Waals surface area contributed by atoms with Crippen molar-refractivity contribution in [2.24, 2.45) is 0 Å². The van der Waals surface area contributed by atoms with Crippen LogP contribution in [0, 0.1) is 5.82 Å². The molecular weight excluding hydrogens is 315 g/mol. The molecule has 0 aliphatic carbocycles. The molecule has 0 fully saturated rings. The van der Waals surface area contributed by atoms with Gasteiger partial charge in [-0.05, 0) is 45.4 Å². The van der Waals surface area contributed by atoms with Crippen LogP contribution in [0.25, 0.3) is 0 Å². The molecular formula is C17H21FN2O4. The molecule has 1 aromatic carbocycles. The van der Waals surface area contributed by atoms with E-state index in [2.05, 4.69) is 10.6 Å². The van der Waals surface area contributed by atoms with Crippen LogP contribution in [0.1, 0.15) is 45.6 Å². The van der Waals surface area contributed by atoms with E-state index in [9.17, 15) is 18.8 Å². The Kier molecular flexibility index (Phi) is 4.91. The summed E-state index contributed by atoms with van der Waals surface area (Å²) in [5, 5.41) is 5.24. The number of hydrogen-bond acceptors (Lipinski definition) is 4. The summed E-state index contributed by atoms with van der Waals surface area (Å²) in [7, 11) is 0. The van der Waals surface area contributed by atoms with Crippen LogP contribution in [0.4, 0.5) is 10.1 Å². The van der Waals surface area contributed by atoms with E-state index in [1.165, 1.54) is 19.1 Å². The van der Waals surface area contributed by atoms with Crippen LogP contribution in [0.3, 0.4) is 0 Å². The zero-order valence-electron chi connectivity index (χ0n) is 14.1. The number of carbonyl (C=O) groups is 3. The minimum atomic E-state index is -0.995. The van der Waals surface area contributed by atoms with Crippen LogP contribution < -0.4 is 10.6 Å². The molecule has 2 amide bonds. The summed E-state index contributed by atoms with van der Waals surface area (Å²) in [5.74, 6) is -2.88. The first kappa shape index (κ1) is 17.9. The average molecular weight is 336 g/mol. The highest BCUT2D eigenvalue weighted by molar-refractivity contribution is 6.00. The number of rotatable bonds is 3. The number of fused-ring (bicyclic) bond motifs is 1. The van der Waals surface area contributed by atoms with Gasteiger partial charge in [-0.15, -0.1) is 0 Å². The molecule has 1 aromatic rings. The summed E-state index contributed by atoms with van der Waals surface area (Å²) in [6.45, 7) is 6.91. The van der Waals surface area contributed by atoms with E-state index in [-0.39, 0.29) is 12.1 Å². The second-order valence-electron chi connectivity index (χ2n) is 6.85. The third-order valence-electron chi connectivity index (χ3n) is 3.50. The fourth-order valence-corrected chi connectivity index (χ4v) is 2.43. The smallest absolute Gasteiger partial charge is 0.314 e. The Hall–Kier alpha value is -2.44. The molecule has 2 rings (SSSR count). The summed E-state index contributed by atoms with van der Waals surface area (Å²) < 4.78 is 18.5. The summed E-state index contributed by atoms with van der Waals surface area (Å²) in [5.41, 5.74) is 0.275. The van der Waals surface area contributed by atoms with Crippen LogP contribution in [0.5, 0.6) is 0 Å². The van der Waals surface area contributed by atoms with Crippen molar-refractivity contribution in [3.8, 4) is 0 Å². The summed E-state index contributed by atoms with van der Waals surface area (Å²) in [6, 6.07) is 3.81. The fourth-order valence-electron chi connectivity index (χ4n) is 2.43. The van der Waals surface area contributed by atoms with Crippen molar-refractivity contribution in [1.82, 2.24) is 5.32 Å². The van der Waals surface area contributed by atoms with Crippen LogP contribution in [0.2, 0.25) is 0 Å². The third kappa shape index (κ3) is 4.31. The van der Waals surface area contributed by atoms with Crippen molar-refractivity contribution in [3.63, 3.8) is 0 Å². The summed E-state index contributed by atoms with van der Waals surface area (Å²) in [6.07, 6.45) is -1.10. The van der Waals surface area contributed by atoms with E-state index in [0.717, 1.165) is 6.07 Å². The Morgan fingerprint density at radius 2 is 2.04 bits per heavy atom. The van der Waals surface area contributed by atoms with Crippen LogP contribution in [0.15, 0.2) is 18.2 Å². The molecule has 0 bridgehead atoms. The molecule has 6 nitrogen and oxygen atoms in total. The lowest BCUT2D eigenvalue weighted by Crippen LogP contribution is -2.46. The van der Waals surface area contributed by atoms with Gasteiger partial charge in [0.25, 0.3) is 5.91 Å². The number of nitrogens with one attached hydrogen (secondary N) is 2. The quantitative estimate of drug-likeness (QED) is 0.828. The summed E-state index contributed by atoms with van der Waals surface area (Å²) >= 11 is 0. The van der Waals surface area contributed by atoms with Gasteiger partial charge in [0, 0.05) is 17.6 Å². The molecule has 0 saturated carbocycles. The van der Waals surface area contributed by atoms with Crippen LogP contribution in [-0.4, -0.2) is 29.4 Å². The third-order valence-corrected chi connectivity index (χ3v) is 3.50. The van der Waals surface area contributed by atoms with Gasteiger partial charge < -0.3 is 15.4 Å². The standard InChI is InChI=1S/C17H21FN2O4/c1-9(15(22)20-17(2,3)4)24-16(23)12-8-14(21)19-13-7-10(18)5-6-11(12)13/h5-7,9,12H,8H2,1-4H3,(H,19,21)(H,20,22). The number of ether oxygens (including phenoxy) is 1. The molecule has 1 aliphatic heterocycles. The highest BCUT2D eigenvalue weighted by atomic mass is 19.1. The Balaban J connectivity index is 2.13. The highest BCUT2D eigenvalue weighted by Gasteiger charge is 2.34. The Bertz CT molecular complexity index is 682. The second-order valence-corrected chi connectivity index (χ2v) is 6.85. The molecule has 1 aliphatic rings. The molecule has 7 heteroatoms. The SMILES string of the molecule is CC(OC(=O)C1CC(=O)Nc2cc(F)ccc21)C(=O)NC(C)(C)C. The zero-order valence-corrected chi connectivity index (χ0v) is 14.1. The van der Waals surface area contributed by atoms with E-state index in [1.807, 2.05) is 20.8 Å². The van der Waals surface area contributed by atoms with Crippen LogP contribution >= 0.6 is 0 Å². The van der Waals surface area contributed by atoms with E-state index in [1.54, 1.807) is 0 Å². The molecule has 0 aromatic heterocycles. The lowest BCUT2D eigenvalue weighted by atomic mass is 9.90. The minimum Gasteiger partial charge on any atom is -0.452 e. The number of anilines is 1. The van der Waals surface area contributed by atoms with Gasteiger partial charge in [-0.2, -0.15) is 0 Å². The predicted molar refractivity (Wildman–Crippen MR) is 85.8 cm³/mol.